The quantitative estimate of drug-likeness (QED) is 0.758. The van der Waals surface area contributed by atoms with Gasteiger partial charge in [-0.2, -0.15) is 0 Å². The molecule has 2 fully saturated rings. The van der Waals surface area contributed by atoms with Crippen molar-refractivity contribution >= 4 is 11.7 Å². The van der Waals surface area contributed by atoms with E-state index in [1.807, 2.05) is 10.6 Å². The summed E-state index contributed by atoms with van der Waals surface area (Å²) < 4.78 is 7.28. The molecule has 2 saturated heterocycles. The highest BCUT2D eigenvalue weighted by molar-refractivity contribution is 5.94. The van der Waals surface area contributed by atoms with Gasteiger partial charge in [-0.05, 0) is 30.9 Å². The molecule has 3 aliphatic rings. The zero-order valence-electron chi connectivity index (χ0n) is 16.4. The minimum atomic E-state index is -0.173. The first-order valence-electron chi connectivity index (χ1n) is 10.3. The van der Waals surface area contributed by atoms with E-state index < -0.39 is 0 Å². The van der Waals surface area contributed by atoms with Crippen LogP contribution in [0.2, 0.25) is 0 Å². The first-order valence-corrected chi connectivity index (χ1v) is 10.3. The van der Waals surface area contributed by atoms with Crippen molar-refractivity contribution in [2.24, 2.45) is 5.92 Å². The summed E-state index contributed by atoms with van der Waals surface area (Å²) in [5, 5.41) is 0. The molecule has 5 heterocycles. The van der Waals surface area contributed by atoms with E-state index in [1.54, 1.807) is 29.6 Å². The number of carbonyl (C=O) groups is 1. The van der Waals surface area contributed by atoms with Gasteiger partial charge in [-0.3, -0.25) is 14.6 Å². The minimum absolute atomic E-state index is 0.152. The van der Waals surface area contributed by atoms with Crippen molar-refractivity contribution in [1.29, 1.82) is 0 Å². The average Bonchev–Trinajstić information content (AvgIpc) is 3.04. The third-order valence-corrected chi connectivity index (χ3v) is 6.22. The molecule has 8 heteroatoms. The van der Waals surface area contributed by atoms with Gasteiger partial charge in [0.1, 0.15) is 11.4 Å². The summed E-state index contributed by atoms with van der Waals surface area (Å²) in [5.41, 5.74) is 1.15. The Balaban J connectivity index is 1.42. The molecule has 0 unspecified atom stereocenters. The van der Waals surface area contributed by atoms with E-state index in [0.717, 1.165) is 37.4 Å². The second kappa shape index (κ2) is 7.59. The summed E-state index contributed by atoms with van der Waals surface area (Å²) in [6.45, 7) is 4.68. The van der Waals surface area contributed by atoms with Crippen LogP contribution in [0.15, 0.2) is 35.5 Å². The van der Waals surface area contributed by atoms with E-state index in [0.29, 0.717) is 38.8 Å². The summed E-state index contributed by atoms with van der Waals surface area (Å²) in [4.78, 5) is 38.8. The van der Waals surface area contributed by atoms with E-state index in [1.165, 1.54) is 0 Å². The van der Waals surface area contributed by atoms with Crippen molar-refractivity contribution in [3.63, 3.8) is 0 Å². The lowest BCUT2D eigenvalue weighted by Gasteiger charge is -2.43. The number of hydrogen-bond acceptors (Lipinski definition) is 6. The Morgan fingerprint density at radius 3 is 2.90 bits per heavy atom. The van der Waals surface area contributed by atoms with Crippen LogP contribution in [0.3, 0.4) is 0 Å². The first-order chi connectivity index (χ1) is 14.2. The number of aromatic nitrogens is 3. The van der Waals surface area contributed by atoms with Gasteiger partial charge in [-0.15, -0.1) is 0 Å². The lowest BCUT2D eigenvalue weighted by Crippen LogP contribution is -2.48. The van der Waals surface area contributed by atoms with Crippen LogP contribution in [-0.4, -0.2) is 64.7 Å². The normalized spacial score (nSPS) is 24.0. The maximum absolute atomic E-state index is 13.2. The third-order valence-electron chi connectivity index (χ3n) is 6.22. The molecule has 2 atom stereocenters. The lowest BCUT2D eigenvalue weighted by molar-refractivity contribution is 0.0738. The van der Waals surface area contributed by atoms with Crippen LogP contribution in [0.4, 0.5) is 5.82 Å². The van der Waals surface area contributed by atoms with Crippen molar-refractivity contribution in [3.05, 3.63) is 52.3 Å². The van der Waals surface area contributed by atoms with Crippen LogP contribution >= 0.6 is 0 Å². The van der Waals surface area contributed by atoms with Crippen LogP contribution in [-0.2, 0) is 11.3 Å². The molecule has 1 amide bonds. The van der Waals surface area contributed by atoms with Gasteiger partial charge >= 0.3 is 0 Å². The molecule has 0 aromatic carbocycles. The minimum Gasteiger partial charge on any atom is -0.380 e. The van der Waals surface area contributed by atoms with Gasteiger partial charge in [0.05, 0.1) is 12.8 Å². The molecule has 2 bridgehead atoms. The van der Waals surface area contributed by atoms with Crippen LogP contribution < -0.4 is 10.5 Å². The molecule has 0 N–H and O–H groups in total. The van der Waals surface area contributed by atoms with Gasteiger partial charge < -0.3 is 19.1 Å². The summed E-state index contributed by atoms with van der Waals surface area (Å²) >= 11 is 0. The molecule has 0 saturated carbocycles. The molecule has 5 rings (SSSR count). The van der Waals surface area contributed by atoms with E-state index in [4.69, 9.17) is 4.74 Å². The molecular formula is C21H25N5O3. The van der Waals surface area contributed by atoms with Crippen LogP contribution in [0.5, 0.6) is 0 Å². The number of hydrogen-bond donors (Lipinski definition) is 0. The molecule has 152 valence electrons. The van der Waals surface area contributed by atoms with E-state index >= 15 is 0 Å². The molecule has 0 aliphatic carbocycles. The molecule has 2 aromatic rings. The molecule has 3 aliphatic heterocycles. The van der Waals surface area contributed by atoms with Crippen molar-refractivity contribution < 1.29 is 9.53 Å². The molecule has 2 aromatic heterocycles. The molecule has 8 nitrogen and oxygen atoms in total. The fourth-order valence-corrected chi connectivity index (χ4v) is 4.87. The standard InChI is InChI=1S/C21H25N5O3/c27-20(24-6-1-8-29-9-7-24)17-2-3-18-16-10-15(13-26(18)21(17)28)12-25(14-16)19-11-22-4-5-23-19/h2-5,11,15-16H,1,6-10,12-14H2/t15-,16+/m0/s1. The van der Waals surface area contributed by atoms with E-state index in [9.17, 15) is 9.59 Å². The number of pyridine rings is 1. The zero-order chi connectivity index (χ0) is 19.8. The highest BCUT2D eigenvalue weighted by Crippen LogP contribution is 2.36. The Kier molecular flexibility index (Phi) is 4.79. The maximum atomic E-state index is 13.2. The number of anilines is 1. The maximum Gasteiger partial charge on any atom is 0.263 e. The predicted octanol–water partition coefficient (Wildman–Crippen LogP) is 1.12. The van der Waals surface area contributed by atoms with Gasteiger partial charge in [0.25, 0.3) is 11.5 Å². The van der Waals surface area contributed by atoms with Crippen LogP contribution in [0.1, 0.15) is 34.8 Å². The first kappa shape index (κ1) is 18.3. The molecule has 0 radical (unpaired) electrons. The highest BCUT2D eigenvalue weighted by Gasteiger charge is 2.36. The van der Waals surface area contributed by atoms with Gasteiger partial charge in [-0.25, -0.2) is 4.98 Å². The molecule has 0 spiro atoms. The second-order valence-corrected chi connectivity index (χ2v) is 8.11. The van der Waals surface area contributed by atoms with Gasteiger partial charge in [0, 0.05) is 63.3 Å². The summed E-state index contributed by atoms with van der Waals surface area (Å²) in [5.74, 6) is 1.33. The molecular weight excluding hydrogens is 370 g/mol. The van der Waals surface area contributed by atoms with Crippen molar-refractivity contribution in [2.45, 2.75) is 25.3 Å². The second-order valence-electron chi connectivity index (χ2n) is 8.11. The average molecular weight is 395 g/mol. The summed E-state index contributed by atoms with van der Waals surface area (Å²) in [7, 11) is 0. The smallest absolute Gasteiger partial charge is 0.263 e. The molecule has 29 heavy (non-hydrogen) atoms. The number of fused-ring (bicyclic) bond motifs is 4. The van der Waals surface area contributed by atoms with Crippen molar-refractivity contribution in [1.82, 2.24) is 19.4 Å². The number of piperidine rings is 1. The Morgan fingerprint density at radius 2 is 2.03 bits per heavy atom. The Bertz CT molecular complexity index is 953. The van der Waals surface area contributed by atoms with Gasteiger partial charge in [-0.1, -0.05) is 0 Å². The summed E-state index contributed by atoms with van der Waals surface area (Å²) in [6, 6.07) is 3.70. The van der Waals surface area contributed by atoms with Gasteiger partial charge in [0.15, 0.2) is 0 Å². The number of ether oxygens (including phenoxy) is 1. The largest absolute Gasteiger partial charge is 0.380 e. The monoisotopic (exact) mass is 395 g/mol. The number of rotatable bonds is 2. The van der Waals surface area contributed by atoms with Gasteiger partial charge in [0.2, 0.25) is 0 Å². The number of nitrogens with zero attached hydrogens (tertiary/aromatic N) is 5. The Hall–Kier alpha value is -2.74. The van der Waals surface area contributed by atoms with Crippen molar-refractivity contribution in [2.75, 3.05) is 44.3 Å². The lowest BCUT2D eigenvalue weighted by atomic mass is 9.83. The van der Waals surface area contributed by atoms with E-state index in [-0.39, 0.29) is 22.9 Å². The predicted molar refractivity (Wildman–Crippen MR) is 107 cm³/mol. The third kappa shape index (κ3) is 3.42. The topological polar surface area (TPSA) is 80.6 Å². The Morgan fingerprint density at radius 1 is 1.10 bits per heavy atom. The van der Waals surface area contributed by atoms with E-state index in [2.05, 4.69) is 14.9 Å². The van der Waals surface area contributed by atoms with Crippen LogP contribution in [0.25, 0.3) is 0 Å². The fourth-order valence-electron chi connectivity index (χ4n) is 4.87. The number of carbonyl (C=O) groups excluding carboxylic acids is 1. The highest BCUT2D eigenvalue weighted by atomic mass is 16.5. The number of amides is 1. The zero-order valence-corrected chi connectivity index (χ0v) is 16.4. The summed E-state index contributed by atoms with van der Waals surface area (Å²) in [6.07, 6.45) is 7.05. The SMILES string of the molecule is O=C(c1ccc2n(c1=O)C[C@H]1C[C@@H]2CN(c2cnccn2)C1)N1CCCOCC1. The van der Waals surface area contributed by atoms with Crippen LogP contribution in [0, 0.1) is 5.92 Å². The fraction of sp³-hybridized carbons (Fsp3) is 0.524. The van der Waals surface area contributed by atoms with Crippen molar-refractivity contribution in [3.8, 4) is 0 Å². The Labute approximate surface area is 169 Å².